The number of nitrogens with one attached hydrogen (secondary N) is 1. The largest absolute Gasteiger partial charge is 0.369 e. The average Bonchev–Trinajstić information content (AvgIpc) is 2.16. The fourth-order valence-electron chi connectivity index (χ4n) is 0.939. The Hall–Kier alpha value is -0.800. The number of halogens is 1. The molecular formula is C10H16ClN3. The predicted molar refractivity (Wildman–Crippen MR) is 60.6 cm³/mol. The predicted octanol–water partition coefficient (Wildman–Crippen LogP) is 2.13. The molecule has 1 atom stereocenters. The molecule has 1 unspecified atom stereocenters. The second kappa shape index (κ2) is 5.17. The van der Waals surface area contributed by atoms with Gasteiger partial charge in [0.15, 0.2) is 0 Å². The van der Waals surface area contributed by atoms with E-state index in [4.69, 9.17) is 17.3 Å². The topological polar surface area (TPSA) is 50.9 Å². The summed E-state index contributed by atoms with van der Waals surface area (Å²) in [6.07, 6.45) is 1.62. The minimum absolute atomic E-state index is 0.146. The molecule has 0 amide bonds. The molecule has 1 aromatic heterocycles. The molecule has 0 bridgehead atoms. The van der Waals surface area contributed by atoms with Crippen molar-refractivity contribution in [2.75, 3.05) is 11.9 Å². The van der Waals surface area contributed by atoms with Crippen LogP contribution in [0.2, 0.25) is 5.02 Å². The summed E-state index contributed by atoms with van der Waals surface area (Å²) >= 11 is 5.71. The Morgan fingerprint density at radius 1 is 1.50 bits per heavy atom. The van der Waals surface area contributed by atoms with E-state index < -0.39 is 0 Å². The summed E-state index contributed by atoms with van der Waals surface area (Å²) in [5.41, 5.74) is 5.88. The smallest absolute Gasteiger partial charge is 0.126 e. The third-order valence-electron chi connectivity index (χ3n) is 2.10. The zero-order valence-corrected chi connectivity index (χ0v) is 9.25. The van der Waals surface area contributed by atoms with Gasteiger partial charge in [-0.3, -0.25) is 0 Å². The zero-order valence-electron chi connectivity index (χ0n) is 8.50. The molecule has 3 nitrogen and oxygen atoms in total. The van der Waals surface area contributed by atoms with E-state index in [0.717, 1.165) is 12.4 Å². The highest BCUT2D eigenvalue weighted by atomic mass is 35.5. The molecule has 14 heavy (non-hydrogen) atoms. The highest BCUT2D eigenvalue weighted by molar-refractivity contribution is 6.30. The van der Waals surface area contributed by atoms with Gasteiger partial charge in [-0.2, -0.15) is 0 Å². The van der Waals surface area contributed by atoms with Crippen LogP contribution in [-0.2, 0) is 0 Å². The maximum atomic E-state index is 5.88. The van der Waals surface area contributed by atoms with Crippen LogP contribution in [0.25, 0.3) is 0 Å². The van der Waals surface area contributed by atoms with Crippen LogP contribution >= 0.6 is 11.6 Å². The highest BCUT2D eigenvalue weighted by Crippen LogP contribution is 2.09. The van der Waals surface area contributed by atoms with Crippen LogP contribution < -0.4 is 11.1 Å². The monoisotopic (exact) mass is 213 g/mol. The molecule has 1 rings (SSSR count). The number of anilines is 1. The van der Waals surface area contributed by atoms with Crippen molar-refractivity contribution in [1.29, 1.82) is 0 Å². The summed E-state index contributed by atoms with van der Waals surface area (Å²) in [6.45, 7) is 4.93. The maximum absolute atomic E-state index is 5.88. The van der Waals surface area contributed by atoms with E-state index in [2.05, 4.69) is 24.1 Å². The number of rotatable bonds is 4. The van der Waals surface area contributed by atoms with Gasteiger partial charge in [-0.25, -0.2) is 4.98 Å². The van der Waals surface area contributed by atoms with Crippen LogP contribution in [-0.4, -0.2) is 17.6 Å². The van der Waals surface area contributed by atoms with Crippen LogP contribution in [0.4, 0.5) is 5.82 Å². The van der Waals surface area contributed by atoms with Crippen LogP contribution in [0.1, 0.15) is 13.8 Å². The Kier molecular flexibility index (Phi) is 4.17. The Morgan fingerprint density at radius 2 is 2.21 bits per heavy atom. The van der Waals surface area contributed by atoms with Crippen molar-refractivity contribution in [3.63, 3.8) is 0 Å². The van der Waals surface area contributed by atoms with E-state index in [1.54, 1.807) is 12.3 Å². The summed E-state index contributed by atoms with van der Waals surface area (Å²) < 4.78 is 0. The van der Waals surface area contributed by atoms with E-state index in [0.29, 0.717) is 10.9 Å². The molecule has 0 saturated heterocycles. The minimum Gasteiger partial charge on any atom is -0.369 e. The van der Waals surface area contributed by atoms with E-state index >= 15 is 0 Å². The third-order valence-corrected chi connectivity index (χ3v) is 2.33. The number of aromatic nitrogens is 1. The number of hydrogen-bond donors (Lipinski definition) is 2. The third kappa shape index (κ3) is 3.52. The van der Waals surface area contributed by atoms with Gasteiger partial charge in [0, 0.05) is 18.8 Å². The fourth-order valence-corrected chi connectivity index (χ4v) is 1.05. The number of pyridine rings is 1. The van der Waals surface area contributed by atoms with Crippen molar-refractivity contribution < 1.29 is 0 Å². The Bertz CT molecular complexity index is 271. The molecule has 0 fully saturated rings. The molecule has 0 aromatic carbocycles. The summed E-state index contributed by atoms with van der Waals surface area (Å²) in [6, 6.07) is 3.79. The molecule has 1 aromatic rings. The summed E-state index contributed by atoms with van der Waals surface area (Å²) in [5, 5.41) is 3.80. The van der Waals surface area contributed by atoms with Crippen molar-refractivity contribution >= 4 is 17.4 Å². The first-order valence-corrected chi connectivity index (χ1v) is 5.08. The van der Waals surface area contributed by atoms with Gasteiger partial charge >= 0.3 is 0 Å². The van der Waals surface area contributed by atoms with Gasteiger partial charge in [-0.05, 0) is 18.1 Å². The van der Waals surface area contributed by atoms with E-state index in [1.807, 2.05) is 6.07 Å². The lowest BCUT2D eigenvalue weighted by Crippen LogP contribution is -2.34. The first-order chi connectivity index (χ1) is 6.59. The molecular weight excluding hydrogens is 198 g/mol. The van der Waals surface area contributed by atoms with Gasteiger partial charge in [-0.15, -0.1) is 0 Å². The van der Waals surface area contributed by atoms with E-state index in [-0.39, 0.29) is 6.04 Å². The summed E-state index contributed by atoms with van der Waals surface area (Å²) in [7, 11) is 0. The summed E-state index contributed by atoms with van der Waals surface area (Å²) in [4.78, 5) is 4.11. The molecule has 78 valence electrons. The number of nitrogens with zero attached hydrogens (tertiary/aromatic N) is 1. The normalized spacial score (nSPS) is 12.9. The van der Waals surface area contributed by atoms with Crippen molar-refractivity contribution in [3.05, 3.63) is 23.4 Å². The molecule has 0 aliphatic rings. The second-order valence-electron chi connectivity index (χ2n) is 3.65. The SMILES string of the molecule is CC(C)C(N)CNc1ccc(Cl)cn1. The first-order valence-electron chi connectivity index (χ1n) is 4.70. The van der Waals surface area contributed by atoms with Crippen LogP contribution in [0.15, 0.2) is 18.3 Å². The van der Waals surface area contributed by atoms with Crippen LogP contribution in [0.3, 0.4) is 0 Å². The lowest BCUT2D eigenvalue weighted by molar-refractivity contribution is 0.511. The highest BCUT2D eigenvalue weighted by Gasteiger charge is 2.06. The molecule has 4 heteroatoms. The summed E-state index contributed by atoms with van der Waals surface area (Å²) in [5.74, 6) is 1.28. The molecule has 0 aliphatic heterocycles. The van der Waals surface area contributed by atoms with Gasteiger partial charge in [0.25, 0.3) is 0 Å². The van der Waals surface area contributed by atoms with Crippen molar-refractivity contribution in [2.45, 2.75) is 19.9 Å². The van der Waals surface area contributed by atoms with Crippen LogP contribution in [0, 0.1) is 5.92 Å². The van der Waals surface area contributed by atoms with Crippen molar-refractivity contribution in [1.82, 2.24) is 4.98 Å². The van der Waals surface area contributed by atoms with E-state index in [9.17, 15) is 0 Å². The van der Waals surface area contributed by atoms with Gasteiger partial charge in [0.1, 0.15) is 5.82 Å². The van der Waals surface area contributed by atoms with Crippen molar-refractivity contribution in [3.8, 4) is 0 Å². The fraction of sp³-hybridized carbons (Fsp3) is 0.500. The number of hydrogen-bond acceptors (Lipinski definition) is 3. The molecule has 0 aliphatic carbocycles. The molecule has 0 spiro atoms. The maximum Gasteiger partial charge on any atom is 0.126 e. The van der Waals surface area contributed by atoms with Gasteiger partial charge in [0.05, 0.1) is 5.02 Å². The Morgan fingerprint density at radius 3 is 2.71 bits per heavy atom. The standard InChI is InChI=1S/C10H16ClN3/c1-7(2)9(12)6-14-10-4-3-8(11)5-13-10/h3-5,7,9H,6,12H2,1-2H3,(H,13,14). The quantitative estimate of drug-likeness (QED) is 0.806. The lowest BCUT2D eigenvalue weighted by atomic mass is 10.1. The molecule has 3 N–H and O–H groups in total. The molecule has 0 radical (unpaired) electrons. The van der Waals surface area contributed by atoms with Gasteiger partial charge in [0.2, 0.25) is 0 Å². The van der Waals surface area contributed by atoms with Gasteiger partial charge in [-0.1, -0.05) is 25.4 Å². The van der Waals surface area contributed by atoms with Crippen LogP contribution in [0.5, 0.6) is 0 Å². The van der Waals surface area contributed by atoms with Gasteiger partial charge < -0.3 is 11.1 Å². The second-order valence-corrected chi connectivity index (χ2v) is 4.09. The van der Waals surface area contributed by atoms with Crippen molar-refractivity contribution in [2.24, 2.45) is 11.7 Å². The average molecular weight is 214 g/mol. The molecule has 0 saturated carbocycles. The first kappa shape index (κ1) is 11.3. The zero-order chi connectivity index (χ0) is 10.6. The van der Waals surface area contributed by atoms with E-state index in [1.165, 1.54) is 0 Å². The minimum atomic E-state index is 0.146. The lowest BCUT2D eigenvalue weighted by Gasteiger charge is -2.16. The Labute approximate surface area is 89.7 Å². The molecule has 1 heterocycles. The Balaban J connectivity index is 2.42. The number of nitrogens with two attached hydrogens (primary N) is 1.